The smallest absolute Gasteiger partial charge is 0.145 e. The van der Waals surface area contributed by atoms with Crippen LogP contribution in [0.5, 0.6) is 0 Å². The number of hydrogen-bond donors (Lipinski definition) is 5. The van der Waals surface area contributed by atoms with Crippen molar-refractivity contribution in [2.75, 3.05) is 40.0 Å². The number of allylic oxidation sites excluding steroid dienone is 9. The fourth-order valence-electron chi connectivity index (χ4n) is 10.3. The van der Waals surface area contributed by atoms with Crippen LogP contribution in [0.3, 0.4) is 0 Å². The van der Waals surface area contributed by atoms with E-state index in [1.54, 1.807) is 0 Å². The van der Waals surface area contributed by atoms with Crippen LogP contribution in [0.1, 0.15) is 77.3 Å². The Labute approximate surface area is 319 Å². The molecule has 0 saturated heterocycles. The first-order valence-electron chi connectivity index (χ1n) is 20.1. The molecule has 290 valence electrons. The summed E-state index contributed by atoms with van der Waals surface area (Å²) in [5.41, 5.74) is 5.72. The molecular formula is C46H66N2O5. The molecule has 1 aliphatic heterocycles. The number of fused-ring (bicyclic) bond motifs is 5. The lowest BCUT2D eigenvalue weighted by molar-refractivity contribution is -0.194. The Kier molecular flexibility index (Phi) is 14.5. The van der Waals surface area contributed by atoms with Crippen LogP contribution < -0.4 is 10.6 Å². The third-order valence-corrected chi connectivity index (χ3v) is 13.0. The summed E-state index contributed by atoms with van der Waals surface area (Å²) in [5.74, 6) is -0.433. The van der Waals surface area contributed by atoms with Crippen molar-refractivity contribution < 1.29 is 24.9 Å². The van der Waals surface area contributed by atoms with Crippen molar-refractivity contribution in [3.8, 4) is 0 Å². The summed E-state index contributed by atoms with van der Waals surface area (Å²) in [5, 5.41) is 42.7. The number of ether oxygens (including phenoxy) is 1. The molecule has 0 aromatic heterocycles. The fourth-order valence-corrected chi connectivity index (χ4v) is 10.3. The first-order chi connectivity index (χ1) is 25.5. The molecule has 4 bridgehead atoms. The number of benzene rings is 1. The molecule has 4 aliphatic rings. The van der Waals surface area contributed by atoms with Gasteiger partial charge in [0.05, 0.1) is 18.3 Å². The number of carbonyl (C=O) groups excluding carboxylic acids is 1. The average Bonchev–Trinajstić information content (AvgIpc) is 3.49. The zero-order chi connectivity index (χ0) is 38.2. The molecule has 0 radical (unpaired) electrons. The van der Waals surface area contributed by atoms with Crippen LogP contribution in [0.15, 0.2) is 95.2 Å². The number of hydrogen-bond acceptors (Lipinski definition) is 7. The molecule has 7 heteroatoms. The van der Waals surface area contributed by atoms with Gasteiger partial charge >= 0.3 is 0 Å². The highest BCUT2D eigenvalue weighted by molar-refractivity contribution is 5.74. The van der Waals surface area contributed by atoms with Crippen molar-refractivity contribution in [3.05, 3.63) is 106 Å². The van der Waals surface area contributed by atoms with E-state index in [9.17, 15) is 20.1 Å². The minimum Gasteiger partial charge on any atom is -0.396 e. The summed E-state index contributed by atoms with van der Waals surface area (Å²) in [4.78, 5) is 12.4. The van der Waals surface area contributed by atoms with E-state index in [1.807, 2.05) is 20.9 Å². The molecule has 2 saturated carbocycles. The van der Waals surface area contributed by atoms with Crippen LogP contribution in [0.2, 0.25) is 0 Å². The first-order valence-corrected chi connectivity index (χ1v) is 20.1. The second-order valence-electron chi connectivity index (χ2n) is 16.4. The van der Waals surface area contributed by atoms with Gasteiger partial charge in [-0.2, -0.15) is 0 Å². The molecule has 1 spiro atoms. The Bertz CT molecular complexity index is 1590. The minimum atomic E-state index is -1.17. The SMILES string of the molecule is C=C(C=CC=C(COCC)C1CCC2(C1O)C1C(=C(C)C=O)C(C=CC1CCO)CC2(O)CCNC)C1CC=C(C)CNC(C)Cc2cccc(c2)C1. The number of rotatable bonds is 13. The lowest BCUT2D eigenvalue weighted by Crippen LogP contribution is -2.65. The molecule has 2 fully saturated rings. The van der Waals surface area contributed by atoms with E-state index >= 15 is 0 Å². The molecule has 9 atom stereocenters. The van der Waals surface area contributed by atoms with E-state index in [4.69, 9.17) is 4.74 Å². The summed E-state index contributed by atoms with van der Waals surface area (Å²) < 4.78 is 6.04. The zero-order valence-corrected chi connectivity index (χ0v) is 32.9. The van der Waals surface area contributed by atoms with Crippen LogP contribution in [0, 0.1) is 35.0 Å². The Balaban J connectivity index is 1.48. The Morgan fingerprint density at radius 1 is 1.21 bits per heavy atom. The highest BCUT2D eigenvalue weighted by Gasteiger charge is 2.68. The lowest BCUT2D eigenvalue weighted by Gasteiger charge is -2.61. The van der Waals surface area contributed by atoms with E-state index in [0.29, 0.717) is 63.5 Å². The Hall–Kier alpha value is -2.91. The standard InChI is InChI=1S/C46H66N2O5/c1-7-53-30-40(13-8-10-32(3)38-15-14-31(2)28-48-34(5)24-35-11-9-12-36(25-35)26-38)41-18-20-46(44(41)51)43-37(19-23-49)16-17-39(42(43)33(4)29-50)27-45(46,52)21-22-47-6/h8-14,16-17,25,29,34,37-39,41,43-44,47-49,51-52H,3,7,15,18-24,26-28,30H2,1-2,4-6H3. The largest absolute Gasteiger partial charge is 0.396 e. The third-order valence-electron chi connectivity index (χ3n) is 13.0. The number of nitrogens with one attached hydrogen (secondary N) is 2. The maximum Gasteiger partial charge on any atom is 0.145 e. The van der Waals surface area contributed by atoms with Crippen molar-refractivity contribution in [3.63, 3.8) is 0 Å². The van der Waals surface area contributed by atoms with Gasteiger partial charge in [0.1, 0.15) is 6.29 Å². The van der Waals surface area contributed by atoms with Gasteiger partial charge < -0.3 is 30.7 Å². The van der Waals surface area contributed by atoms with Crippen LogP contribution in [0.4, 0.5) is 0 Å². The second kappa shape index (κ2) is 18.6. The minimum absolute atomic E-state index is 0.00377. The van der Waals surface area contributed by atoms with Gasteiger partial charge in [-0.15, -0.1) is 0 Å². The van der Waals surface area contributed by atoms with Gasteiger partial charge in [0.15, 0.2) is 0 Å². The maximum absolute atomic E-state index is 12.9. The molecule has 1 heterocycles. The van der Waals surface area contributed by atoms with Crippen molar-refractivity contribution >= 4 is 6.29 Å². The van der Waals surface area contributed by atoms with Crippen LogP contribution in [-0.2, 0) is 22.4 Å². The summed E-state index contributed by atoms with van der Waals surface area (Å²) in [6, 6.07) is 9.36. The molecule has 9 unspecified atom stereocenters. The summed E-state index contributed by atoms with van der Waals surface area (Å²) in [6.07, 6.45) is 18.6. The van der Waals surface area contributed by atoms with Crippen LogP contribution in [-0.4, -0.2) is 79.3 Å². The molecule has 7 nitrogen and oxygen atoms in total. The molecule has 1 aromatic carbocycles. The summed E-state index contributed by atoms with van der Waals surface area (Å²) in [7, 11) is 1.89. The highest BCUT2D eigenvalue weighted by Crippen LogP contribution is 2.67. The van der Waals surface area contributed by atoms with Crippen molar-refractivity contribution in [1.29, 1.82) is 0 Å². The molecule has 53 heavy (non-hydrogen) atoms. The molecule has 5 N–H and O–H groups in total. The van der Waals surface area contributed by atoms with Gasteiger partial charge in [0.25, 0.3) is 0 Å². The molecule has 0 amide bonds. The average molecular weight is 727 g/mol. The summed E-state index contributed by atoms with van der Waals surface area (Å²) >= 11 is 0. The monoisotopic (exact) mass is 726 g/mol. The zero-order valence-electron chi connectivity index (χ0n) is 32.9. The van der Waals surface area contributed by atoms with Gasteiger partial charge in [0.2, 0.25) is 0 Å². The van der Waals surface area contributed by atoms with E-state index in [1.165, 1.54) is 16.7 Å². The Morgan fingerprint density at radius 2 is 1.98 bits per heavy atom. The number of aliphatic hydroxyl groups is 3. The normalized spacial score (nSPS) is 34.5. The van der Waals surface area contributed by atoms with Crippen molar-refractivity contribution in [1.82, 2.24) is 10.6 Å². The predicted molar refractivity (Wildman–Crippen MR) is 215 cm³/mol. The third kappa shape index (κ3) is 8.98. The van der Waals surface area contributed by atoms with Crippen molar-refractivity contribution in [2.45, 2.75) is 96.8 Å². The van der Waals surface area contributed by atoms with E-state index in [0.717, 1.165) is 48.8 Å². The first kappa shape index (κ1) is 41.3. The quantitative estimate of drug-likeness (QED) is 0.0674. The fraction of sp³-hybridized carbons (Fsp3) is 0.587. The maximum atomic E-state index is 12.9. The van der Waals surface area contributed by atoms with Crippen molar-refractivity contribution in [2.24, 2.45) is 35.0 Å². The van der Waals surface area contributed by atoms with Crippen LogP contribution >= 0.6 is 0 Å². The lowest BCUT2D eigenvalue weighted by atomic mass is 9.45. The predicted octanol–water partition coefficient (Wildman–Crippen LogP) is 6.61. The van der Waals surface area contributed by atoms with E-state index in [2.05, 4.69) is 91.8 Å². The van der Waals surface area contributed by atoms with Crippen LogP contribution in [0.25, 0.3) is 0 Å². The molecule has 1 aromatic rings. The summed E-state index contributed by atoms with van der Waals surface area (Å²) in [6.45, 7) is 15.3. The van der Waals surface area contributed by atoms with Gasteiger partial charge in [-0.1, -0.05) is 84.0 Å². The van der Waals surface area contributed by atoms with E-state index in [-0.39, 0.29) is 36.2 Å². The number of aldehydes is 1. The number of carbonyl (C=O) groups is 1. The highest BCUT2D eigenvalue weighted by atomic mass is 16.5. The van der Waals surface area contributed by atoms with Gasteiger partial charge in [0, 0.05) is 43.1 Å². The van der Waals surface area contributed by atoms with E-state index < -0.39 is 17.1 Å². The van der Waals surface area contributed by atoms with Gasteiger partial charge in [-0.25, -0.2) is 0 Å². The molecular weight excluding hydrogens is 661 g/mol. The topological polar surface area (TPSA) is 111 Å². The van der Waals surface area contributed by atoms with Gasteiger partial charge in [-0.3, -0.25) is 4.79 Å². The molecule has 3 aliphatic carbocycles. The van der Waals surface area contributed by atoms with Gasteiger partial charge in [-0.05, 0) is 133 Å². The second-order valence-corrected chi connectivity index (χ2v) is 16.4. The Morgan fingerprint density at radius 3 is 2.70 bits per heavy atom. The number of aliphatic hydroxyl groups excluding tert-OH is 2. The molecule has 5 rings (SSSR count).